The van der Waals surface area contributed by atoms with Gasteiger partial charge in [-0.25, -0.2) is 4.79 Å². The number of carbonyl (C=O) groups excluding carboxylic acids is 1. The summed E-state index contributed by atoms with van der Waals surface area (Å²) in [4.78, 5) is 10.8. The molecule has 1 rings (SSSR count). The number of cyclic esters (lactones) is 1. The van der Waals surface area contributed by atoms with Gasteiger partial charge in [-0.15, -0.1) is 0 Å². The molecule has 3 atom stereocenters. The fraction of sp³-hybridized carbons (Fsp3) is 0.900. The van der Waals surface area contributed by atoms with E-state index >= 15 is 0 Å². The fourth-order valence-electron chi connectivity index (χ4n) is 1.65. The van der Waals surface area contributed by atoms with Gasteiger partial charge < -0.3 is 15.2 Å². The van der Waals surface area contributed by atoms with Crippen LogP contribution in [-0.2, 0) is 9.53 Å². The monoisotopic (exact) mass is 269 g/mol. The van der Waals surface area contributed by atoms with Crippen molar-refractivity contribution in [3.8, 4) is 0 Å². The molecule has 100 valence electrons. The Morgan fingerprint density at radius 2 is 2.35 bits per heavy atom. The maximum absolute atomic E-state index is 12.9. The molecule has 1 fully saturated rings. The van der Waals surface area contributed by atoms with E-state index in [1.54, 1.807) is 0 Å². The highest BCUT2D eigenvalue weighted by Crippen LogP contribution is 2.30. The van der Waals surface area contributed by atoms with Crippen LogP contribution in [0.1, 0.15) is 13.3 Å². The second kappa shape index (κ2) is 5.97. The molecule has 0 radical (unpaired) electrons. The average molecular weight is 269 g/mol. The third-order valence-electron chi connectivity index (χ3n) is 2.76. The van der Waals surface area contributed by atoms with E-state index in [0.717, 1.165) is 0 Å². The second-order valence-electron chi connectivity index (χ2n) is 4.09. The molecule has 1 saturated heterocycles. The summed E-state index contributed by atoms with van der Waals surface area (Å²) in [6.07, 6.45) is 0.499. The van der Waals surface area contributed by atoms with Gasteiger partial charge in [-0.2, -0.15) is 20.5 Å². The van der Waals surface area contributed by atoms with E-state index in [9.17, 15) is 13.6 Å². The van der Waals surface area contributed by atoms with E-state index in [-0.39, 0.29) is 24.4 Å². The minimum absolute atomic E-state index is 0.00684. The van der Waals surface area contributed by atoms with Gasteiger partial charge in [-0.05, 0) is 13.2 Å². The molecule has 3 unspecified atom stereocenters. The predicted octanol–water partition coefficient (Wildman–Crippen LogP) is 0.639. The molecule has 4 nitrogen and oxygen atoms in total. The minimum atomic E-state index is -3.36. The molecule has 7 heteroatoms. The molecule has 1 aliphatic rings. The number of hydrogen-bond donors (Lipinski definition) is 2. The van der Waals surface area contributed by atoms with E-state index in [1.807, 2.05) is 13.2 Å². The van der Waals surface area contributed by atoms with Crippen LogP contribution in [-0.4, -0.2) is 53.8 Å². The Hall–Kier alpha value is -0.400. The van der Waals surface area contributed by atoms with Gasteiger partial charge in [0.2, 0.25) is 0 Å². The Morgan fingerprint density at radius 3 is 2.76 bits per heavy atom. The van der Waals surface area contributed by atoms with Crippen molar-refractivity contribution >= 4 is 17.7 Å². The zero-order chi connectivity index (χ0) is 13.1. The Balaban J connectivity index is 2.35. The standard InChI is InChI=1S/C10H17F2NO3S/c1-6(8(5-14)17-2)13-4-7-3-10(11,12)9(15)16-7/h6-8,13-14H,3-5H2,1-2H3. The predicted molar refractivity (Wildman–Crippen MR) is 61.3 cm³/mol. The highest BCUT2D eigenvalue weighted by Gasteiger charge is 2.50. The number of alkyl halides is 2. The molecule has 2 N–H and O–H groups in total. The minimum Gasteiger partial charge on any atom is -0.456 e. The van der Waals surface area contributed by atoms with Crippen molar-refractivity contribution in [2.75, 3.05) is 19.4 Å². The van der Waals surface area contributed by atoms with Crippen LogP contribution >= 0.6 is 11.8 Å². The largest absolute Gasteiger partial charge is 0.456 e. The van der Waals surface area contributed by atoms with E-state index in [0.29, 0.717) is 0 Å². The number of hydrogen-bond acceptors (Lipinski definition) is 5. The molecular weight excluding hydrogens is 252 g/mol. The van der Waals surface area contributed by atoms with Crippen LogP contribution in [0.3, 0.4) is 0 Å². The van der Waals surface area contributed by atoms with E-state index in [4.69, 9.17) is 5.11 Å². The summed E-state index contributed by atoms with van der Waals surface area (Å²) in [6.45, 7) is 2.04. The summed E-state index contributed by atoms with van der Waals surface area (Å²) >= 11 is 1.49. The molecule has 0 aromatic carbocycles. The first-order valence-corrected chi connectivity index (χ1v) is 6.65. The lowest BCUT2D eigenvalue weighted by Gasteiger charge is -2.22. The first kappa shape index (κ1) is 14.7. The first-order chi connectivity index (χ1) is 7.90. The van der Waals surface area contributed by atoms with Crippen LogP contribution in [0, 0.1) is 0 Å². The number of halogens is 2. The number of aliphatic hydroxyl groups excluding tert-OH is 1. The van der Waals surface area contributed by atoms with Crippen molar-refractivity contribution in [2.24, 2.45) is 0 Å². The van der Waals surface area contributed by atoms with Gasteiger partial charge in [-0.1, -0.05) is 0 Å². The highest BCUT2D eigenvalue weighted by molar-refractivity contribution is 7.99. The van der Waals surface area contributed by atoms with Crippen LogP contribution in [0.4, 0.5) is 8.78 Å². The highest BCUT2D eigenvalue weighted by atomic mass is 32.2. The number of ether oxygens (including phenoxy) is 1. The quantitative estimate of drug-likeness (QED) is 0.693. The maximum atomic E-state index is 12.9. The summed E-state index contributed by atoms with van der Waals surface area (Å²) in [5, 5.41) is 12.0. The second-order valence-corrected chi connectivity index (χ2v) is 5.17. The Kier molecular flexibility index (Phi) is 5.15. The number of carbonyl (C=O) groups is 1. The normalized spacial score (nSPS) is 26.6. The van der Waals surface area contributed by atoms with E-state index in [1.165, 1.54) is 11.8 Å². The third-order valence-corrected chi connectivity index (χ3v) is 3.93. The van der Waals surface area contributed by atoms with E-state index in [2.05, 4.69) is 10.1 Å². The zero-order valence-electron chi connectivity index (χ0n) is 9.78. The molecule has 0 spiro atoms. The molecule has 0 aromatic rings. The van der Waals surface area contributed by atoms with Crippen molar-refractivity contribution in [1.29, 1.82) is 0 Å². The Labute approximate surface area is 103 Å². The van der Waals surface area contributed by atoms with Gasteiger partial charge in [0.1, 0.15) is 6.10 Å². The number of thioether (sulfide) groups is 1. The molecule has 1 heterocycles. The summed E-state index contributed by atoms with van der Waals surface area (Å²) in [5.74, 6) is -4.80. The van der Waals surface area contributed by atoms with E-state index < -0.39 is 24.4 Å². The Morgan fingerprint density at radius 1 is 1.71 bits per heavy atom. The van der Waals surface area contributed by atoms with Crippen molar-refractivity contribution in [3.05, 3.63) is 0 Å². The molecular formula is C10H17F2NO3S. The SMILES string of the molecule is CSC(CO)C(C)NCC1CC(F)(F)C(=O)O1. The van der Waals surface area contributed by atoms with Crippen LogP contribution in [0.5, 0.6) is 0 Å². The summed E-state index contributed by atoms with van der Waals surface area (Å²) in [7, 11) is 0. The molecule has 17 heavy (non-hydrogen) atoms. The van der Waals surface area contributed by atoms with Crippen molar-refractivity contribution < 1.29 is 23.4 Å². The van der Waals surface area contributed by atoms with Gasteiger partial charge >= 0.3 is 11.9 Å². The summed E-state index contributed by atoms with van der Waals surface area (Å²) in [5.41, 5.74) is 0. The fourth-order valence-corrected chi connectivity index (χ4v) is 2.30. The summed E-state index contributed by atoms with van der Waals surface area (Å²) in [6, 6.07) is -0.0390. The average Bonchev–Trinajstić information content (AvgIpc) is 2.52. The van der Waals surface area contributed by atoms with Gasteiger partial charge in [0.25, 0.3) is 0 Å². The number of aliphatic hydroxyl groups is 1. The number of nitrogens with one attached hydrogen (secondary N) is 1. The van der Waals surface area contributed by atoms with Gasteiger partial charge in [0.05, 0.1) is 13.0 Å². The van der Waals surface area contributed by atoms with Crippen molar-refractivity contribution in [2.45, 2.75) is 36.7 Å². The molecule has 0 saturated carbocycles. The zero-order valence-corrected chi connectivity index (χ0v) is 10.6. The molecule has 0 aliphatic carbocycles. The maximum Gasteiger partial charge on any atom is 0.377 e. The van der Waals surface area contributed by atoms with Gasteiger partial charge in [0, 0.05) is 17.8 Å². The van der Waals surface area contributed by atoms with Gasteiger partial charge in [0.15, 0.2) is 0 Å². The topological polar surface area (TPSA) is 58.6 Å². The smallest absolute Gasteiger partial charge is 0.377 e. The molecule has 0 amide bonds. The number of esters is 1. The Bertz CT molecular complexity index is 274. The van der Waals surface area contributed by atoms with Crippen molar-refractivity contribution in [1.82, 2.24) is 5.32 Å². The lowest BCUT2D eigenvalue weighted by molar-refractivity contribution is -0.159. The van der Waals surface area contributed by atoms with Crippen LogP contribution < -0.4 is 5.32 Å². The molecule has 0 aromatic heterocycles. The molecule has 0 bridgehead atoms. The van der Waals surface area contributed by atoms with Crippen molar-refractivity contribution in [3.63, 3.8) is 0 Å². The summed E-state index contributed by atoms with van der Waals surface area (Å²) < 4.78 is 30.3. The third kappa shape index (κ3) is 3.79. The first-order valence-electron chi connectivity index (χ1n) is 5.36. The van der Waals surface area contributed by atoms with Crippen LogP contribution in [0.2, 0.25) is 0 Å². The van der Waals surface area contributed by atoms with Gasteiger partial charge in [-0.3, -0.25) is 0 Å². The lowest BCUT2D eigenvalue weighted by atomic mass is 10.1. The lowest BCUT2D eigenvalue weighted by Crippen LogP contribution is -2.41. The number of rotatable bonds is 6. The van der Waals surface area contributed by atoms with Crippen LogP contribution in [0.15, 0.2) is 0 Å². The van der Waals surface area contributed by atoms with Crippen LogP contribution in [0.25, 0.3) is 0 Å². The molecule has 1 aliphatic heterocycles.